The van der Waals surface area contributed by atoms with Gasteiger partial charge in [0.2, 0.25) is 0 Å². The number of nitrogens with two attached hydrogens (primary N) is 1. The van der Waals surface area contributed by atoms with Crippen molar-refractivity contribution in [3.63, 3.8) is 0 Å². The van der Waals surface area contributed by atoms with Crippen LogP contribution in [0.25, 0.3) is 0 Å². The molecule has 0 aliphatic heterocycles. The Kier molecular flexibility index (Phi) is 6.34. The first kappa shape index (κ1) is 20.6. The maximum absolute atomic E-state index is 14.8. The van der Waals surface area contributed by atoms with Crippen LogP contribution in [0.3, 0.4) is 0 Å². The third-order valence-electron chi connectivity index (χ3n) is 3.77. The third kappa shape index (κ3) is 4.66. The molecule has 0 saturated heterocycles. The zero-order valence-corrected chi connectivity index (χ0v) is 16.2. The number of nitrogens with zero attached hydrogens (tertiary/aromatic N) is 1. The molecule has 0 saturated carbocycles. The van der Waals surface area contributed by atoms with Crippen LogP contribution in [0, 0.1) is 28.9 Å². The van der Waals surface area contributed by atoms with Gasteiger partial charge in [0.05, 0.1) is 10.6 Å². The van der Waals surface area contributed by atoms with Crippen LogP contribution < -0.4 is 10.5 Å². The Morgan fingerprint density at radius 2 is 1.97 bits per heavy atom. The van der Waals surface area contributed by atoms with E-state index >= 15 is 0 Å². The summed E-state index contributed by atoms with van der Waals surface area (Å²) in [6.07, 6.45) is 2.34. The van der Waals surface area contributed by atoms with E-state index in [0.717, 1.165) is 18.3 Å². The van der Waals surface area contributed by atoms with Gasteiger partial charge in [0.25, 0.3) is 0 Å². The van der Waals surface area contributed by atoms with E-state index in [1.54, 1.807) is 18.2 Å². The number of nitrogen functional groups attached to an aromatic ring is 1. The molecule has 0 fully saturated rings. The number of aromatic nitrogens is 1. The molecular weight excluding hydrogens is 418 g/mol. The number of hydrogen-bond donors (Lipinski definition) is 3. The van der Waals surface area contributed by atoms with Crippen molar-refractivity contribution in [3.8, 4) is 11.8 Å². The Balaban J connectivity index is 1.92. The summed E-state index contributed by atoms with van der Waals surface area (Å²) < 4.78 is 43.8. The standard InChI is InChI=1S/C20H13ClF2N4OS/c21-15-3-1-2-4-18(15)29(28)27-17-8-7-16(22)14(19(17)23)6-5-12-9-13(10-24)20(25)26-11-12/h1-4,7-11,24,27H,(H2,25,26). The van der Waals surface area contributed by atoms with Crippen molar-refractivity contribution in [3.05, 3.63) is 82.0 Å². The van der Waals surface area contributed by atoms with Crippen LogP contribution in [-0.2, 0) is 11.4 Å². The van der Waals surface area contributed by atoms with Crippen LogP contribution in [-0.4, -0.2) is 15.8 Å². The fourth-order valence-electron chi connectivity index (χ4n) is 2.31. The maximum Gasteiger partial charge on any atom is 0.198 e. The molecule has 9 heteroatoms. The van der Waals surface area contributed by atoms with E-state index in [1.807, 2.05) is 0 Å². The number of benzene rings is 2. The van der Waals surface area contributed by atoms with Crippen molar-refractivity contribution in [1.29, 1.82) is 5.41 Å². The molecule has 2 aromatic carbocycles. The molecule has 4 N–H and O–H groups in total. The SMILES string of the molecule is N=Cc1cc(C#Cc2c(F)ccc(N[S+]([O-])c3ccccc3Cl)c2F)cnc1N. The Morgan fingerprint density at radius 1 is 1.21 bits per heavy atom. The highest BCUT2D eigenvalue weighted by molar-refractivity contribution is 7.92. The van der Waals surface area contributed by atoms with E-state index in [2.05, 4.69) is 21.5 Å². The molecule has 29 heavy (non-hydrogen) atoms. The first-order chi connectivity index (χ1) is 13.9. The zero-order valence-electron chi connectivity index (χ0n) is 14.7. The zero-order chi connectivity index (χ0) is 21.0. The van der Waals surface area contributed by atoms with Gasteiger partial charge in [0.1, 0.15) is 28.7 Å². The van der Waals surface area contributed by atoms with Gasteiger partial charge in [-0.15, -0.1) is 0 Å². The fraction of sp³-hybridized carbons (Fsp3) is 0. The second-order valence-electron chi connectivity index (χ2n) is 5.68. The predicted octanol–water partition coefficient (Wildman–Crippen LogP) is 4.13. The molecule has 1 atom stereocenters. The van der Waals surface area contributed by atoms with Gasteiger partial charge in [-0.25, -0.2) is 18.5 Å². The number of anilines is 2. The van der Waals surface area contributed by atoms with Gasteiger partial charge in [-0.3, -0.25) is 0 Å². The molecule has 3 rings (SSSR count). The summed E-state index contributed by atoms with van der Waals surface area (Å²) >= 11 is 4.14. The minimum atomic E-state index is -1.86. The highest BCUT2D eigenvalue weighted by Crippen LogP contribution is 2.26. The van der Waals surface area contributed by atoms with Gasteiger partial charge in [-0.05, 0) is 30.3 Å². The van der Waals surface area contributed by atoms with Gasteiger partial charge < -0.3 is 15.7 Å². The average molecular weight is 431 g/mol. The second kappa shape index (κ2) is 8.92. The normalized spacial score (nSPS) is 11.3. The Morgan fingerprint density at radius 3 is 2.69 bits per heavy atom. The number of pyridine rings is 1. The lowest BCUT2D eigenvalue weighted by atomic mass is 10.1. The Bertz CT molecular complexity index is 1150. The van der Waals surface area contributed by atoms with Crippen molar-refractivity contribution >= 4 is 40.7 Å². The lowest BCUT2D eigenvalue weighted by Gasteiger charge is -2.13. The van der Waals surface area contributed by atoms with Crippen LogP contribution in [0.4, 0.5) is 20.3 Å². The molecule has 1 aromatic heterocycles. The van der Waals surface area contributed by atoms with Crippen molar-refractivity contribution < 1.29 is 13.3 Å². The highest BCUT2D eigenvalue weighted by Gasteiger charge is 2.20. The van der Waals surface area contributed by atoms with E-state index in [1.165, 1.54) is 18.3 Å². The molecule has 1 unspecified atom stereocenters. The van der Waals surface area contributed by atoms with Gasteiger partial charge >= 0.3 is 0 Å². The molecule has 146 valence electrons. The minimum absolute atomic E-state index is 0.149. The van der Waals surface area contributed by atoms with Crippen molar-refractivity contribution in [2.24, 2.45) is 0 Å². The molecule has 0 aliphatic rings. The summed E-state index contributed by atoms with van der Waals surface area (Å²) in [7, 11) is 0. The molecule has 0 bridgehead atoms. The lowest BCUT2D eigenvalue weighted by molar-refractivity contribution is 0.578. The van der Waals surface area contributed by atoms with Gasteiger partial charge in [-0.2, -0.15) is 0 Å². The van der Waals surface area contributed by atoms with E-state index < -0.39 is 28.6 Å². The number of nitrogens with one attached hydrogen (secondary N) is 2. The number of hydrogen-bond acceptors (Lipinski definition) is 5. The summed E-state index contributed by atoms with van der Waals surface area (Å²) in [5.41, 5.74) is 5.58. The van der Waals surface area contributed by atoms with Gasteiger partial charge in [0, 0.05) is 23.5 Å². The quantitative estimate of drug-likeness (QED) is 0.329. The molecule has 0 amide bonds. The van der Waals surface area contributed by atoms with Crippen LogP contribution in [0.2, 0.25) is 5.02 Å². The monoisotopic (exact) mass is 430 g/mol. The lowest BCUT2D eigenvalue weighted by Crippen LogP contribution is -2.15. The van der Waals surface area contributed by atoms with E-state index in [4.69, 9.17) is 22.7 Å². The van der Waals surface area contributed by atoms with Gasteiger partial charge in [-0.1, -0.05) is 35.6 Å². The summed E-state index contributed by atoms with van der Waals surface area (Å²) in [5, 5.41) is 7.51. The molecule has 5 nitrogen and oxygen atoms in total. The topological polar surface area (TPSA) is 97.8 Å². The number of rotatable bonds is 4. The largest absolute Gasteiger partial charge is 0.588 e. The predicted molar refractivity (Wildman–Crippen MR) is 110 cm³/mol. The van der Waals surface area contributed by atoms with Crippen LogP contribution in [0.15, 0.2) is 53.6 Å². The Hall–Kier alpha value is -3.12. The van der Waals surface area contributed by atoms with Crippen molar-refractivity contribution in [1.82, 2.24) is 4.98 Å². The average Bonchev–Trinajstić information content (AvgIpc) is 2.71. The summed E-state index contributed by atoms with van der Waals surface area (Å²) in [6.45, 7) is 0. The van der Waals surface area contributed by atoms with Crippen LogP contribution in [0.5, 0.6) is 0 Å². The summed E-state index contributed by atoms with van der Waals surface area (Å²) in [5.74, 6) is 3.28. The Labute approximate surface area is 173 Å². The highest BCUT2D eigenvalue weighted by atomic mass is 35.5. The molecule has 1 heterocycles. The van der Waals surface area contributed by atoms with Crippen molar-refractivity contribution in [2.45, 2.75) is 4.90 Å². The molecule has 0 radical (unpaired) electrons. The van der Waals surface area contributed by atoms with Crippen molar-refractivity contribution in [2.75, 3.05) is 10.5 Å². The smallest absolute Gasteiger partial charge is 0.198 e. The third-order valence-corrected chi connectivity index (χ3v) is 5.37. The van der Waals surface area contributed by atoms with E-state index in [9.17, 15) is 13.3 Å². The summed E-state index contributed by atoms with van der Waals surface area (Å²) in [6, 6.07) is 10.0. The van der Waals surface area contributed by atoms with Crippen LogP contribution in [0.1, 0.15) is 16.7 Å². The van der Waals surface area contributed by atoms with E-state index in [-0.39, 0.29) is 21.4 Å². The summed E-state index contributed by atoms with van der Waals surface area (Å²) in [4.78, 5) is 4.14. The minimum Gasteiger partial charge on any atom is -0.588 e. The molecular formula is C20H13ClF2N4OS. The molecule has 3 aromatic rings. The fourth-order valence-corrected chi connectivity index (χ4v) is 3.57. The first-order valence-corrected chi connectivity index (χ1v) is 9.62. The van der Waals surface area contributed by atoms with Gasteiger partial charge in [0.15, 0.2) is 10.7 Å². The van der Waals surface area contributed by atoms with E-state index in [0.29, 0.717) is 11.1 Å². The van der Waals surface area contributed by atoms with Crippen LogP contribution >= 0.6 is 11.6 Å². The maximum atomic E-state index is 14.8. The second-order valence-corrected chi connectivity index (χ2v) is 7.27. The molecule has 0 aliphatic carbocycles. The first-order valence-electron chi connectivity index (χ1n) is 8.09. The number of halogens is 3. The molecule has 0 spiro atoms.